The molecule has 0 heterocycles. The Kier molecular flexibility index (Phi) is 19.7. The highest BCUT2D eigenvalue weighted by Crippen LogP contribution is 2.73. The van der Waals surface area contributed by atoms with Gasteiger partial charge >= 0.3 is 5.97 Å². The quantitative estimate of drug-likeness (QED) is 0.0708. The van der Waals surface area contributed by atoms with Crippen LogP contribution in [-0.2, 0) is 22.4 Å². The summed E-state index contributed by atoms with van der Waals surface area (Å²) in [5.74, 6) is 43.9. The molecule has 2 aromatic rings. The van der Waals surface area contributed by atoms with Gasteiger partial charge in [-0.3, -0.25) is 4.79 Å². The second-order valence-electron chi connectivity index (χ2n) is 43.7. The summed E-state index contributed by atoms with van der Waals surface area (Å²) in [4.78, 5) is 11.0. The van der Waals surface area contributed by atoms with Crippen LogP contribution in [0.3, 0.4) is 0 Å². The lowest BCUT2D eigenvalue weighted by atomic mass is 9.66. The molecule has 0 spiro atoms. The van der Waals surface area contributed by atoms with E-state index in [1.165, 1.54) is 121 Å². The van der Waals surface area contributed by atoms with Crippen molar-refractivity contribution < 1.29 is 28.8 Å². The highest BCUT2D eigenvalue weighted by Gasteiger charge is 2.66. The van der Waals surface area contributed by atoms with E-state index in [1.54, 1.807) is 84.5 Å². The third-order valence-corrected chi connectivity index (χ3v) is 38.9. The number of carbonyl (C=O) groups excluding carboxylic acids is 1. The van der Waals surface area contributed by atoms with Gasteiger partial charge in [0.05, 0.1) is 26.6 Å². The number of hydrogen-bond donors (Lipinski definition) is 1. The van der Waals surface area contributed by atoms with Crippen LogP contribution in [0.4, 0.5) is 0 Å². The van der Waals surface area contributed by atoms with Crippen molar-refractivity contribution in [2.75, 3.05) is 20.8 Å². The molecule has 28 rings (SSSR count). The first-order valence-corrected chi connectivity index (χ1v) is 48.0. The van der Waals surface area contributed by atoms with Crippen LogP contribution in [0.1, 0.15) is 192 Å². The Hall–Kier alpha value is -5.49. The number of benzene rings is 2. The smallest absolute Gasteiger partial charge is 0.308 e. The fourth-order valence-electron chi connectivity index (χ4n) is 35.4. The van der Waals surface area contributed by atoms with Crippen molar-refractivity contribution in [3.63, 3.8) is 0 Å². The number of phenols is 1. The molecule has 38 unspecified atom stereocenters. The van der Waals surface area contributed by atoms with E-state index in [4.69, 9.17) is 18.9 Å². The van der Waals surface area contributed by atoms with Gasteiger partial charge in [-0.1, -0.05) is 167 Å². The molecule has 1 N–H and O–H groups in total. The van der Waals surface area contributed by atoms with E-state index in [-0.39, 0.29) is 11.7 Å². The van der Waals surface area contributed by atoms with Gasteiger partial charge in [0.15, 0.2) is 23.0 Å². The molecule has 26 aliphatic carbocycles. The van der Waals surface area contributed by atoms with Crippen molar-refractivity contribution in [2.24, 2.45) is 243 Å². The number of ether oxygens (including phenoxy) is 4. The van der Waals surface area contributed by atoms with Gasteiger partial charge in [0, 0.05) is 6.92 Å². The number of hydrogen-bond acceptors (Lipinski definition) is 6. The molecule has 0 aromatic heterocycles. The van der Waals surface area contributed by atoms with Crippen LogP contribution < -0.4 is 14.2 Å². The number of phenolic OH excluding ortho intramolecular Hbond substituents is 1. The number of methoxy groups -OCH3 is 2. The van der Waals surface area contributed by atoms with E-state index in [9.17, 15) is 9.90 Å². The van der Waals surface area contributed by atoms with Gasteiger partial charge in [0.1, 0.15) is 0 Å². The van der Waals surface area contributed by atoms with Crippen molar-refractivity contribution in [1.29, 1.82) is 0 Å². The Balaban J connectivity index is 0.0000000811. The SMILES string of the molecule is C1=CC2C(C1)C1CC2C2C3C=CC(C3)C12.C1=CC2CC1C1C3C=CC(C3)C21.C1=CC2CC1C1C3CC(CCC4CCCCC4)C(C3)C21.C1=CC2CC1C1C3CCC(C3)C21.C=C(C)OCC1CC2CC1C1C3C=CC(C3)C21.COc1cc(CC2CC3C=CC2C3)ccc1O.COc1cc(CC2CC3C=CC2C3)ccc1OC(C)=O. The second kappa shape index (κ2) is 30.1. The van der Waals surface area contributed by atoms with Gasteiger partial charge in [-0.2, -0.15) is 0 Å². The van der Waals surface area contributed by atoms with Crippen LogP contribution >= 0.6 is 0 Å². The summed E-state index contributed by atoms with van der Waals surface area (Å²) in [6, 6.07) is 11.6. The molecule has 113 heavy (non-hydrogen) atoms. The standard InChI is InChI=1S/C20H30.C17H20O3.C16H22O.C15H18O2.C15H18.C12H16.C12H14/c1-2-4-13(5-3-1)6-7-14-10-17-12-18(14)20-16-9-8-15(11-16)19(17)20;1-11(18)20-16-6-4-13(10-17(16)19-2)9-15-8-12-3-5-14(15)7-12;1-9(2)17-8-13-6-12-7-14(13)16-11-4-3-10(5-11)15(12)16;1-17-15-9-11(3-5-14(15)16)8-13-7-10-2-4-12(13)6-10;1-2-10-11(3-1)13-7-12(10)14-8-4-5-9(6-8)15(13)14;2*1-2-8-5-7(1)11-9-3-4-10(6-9)12(8)11/h8-9,13-20H,1-7,10-12H2;3-6,10,12,14-15H,7-9H2,1-2H3;3-4,10-16H,1,5-8H2,2H3;2-5,9-10,12-13,16H,6-8H2,1H3;1-2,4-5,8-15H,3,6-7H2;1-2,7-12H,3-6H2;1-4,7-12H,5-6H2. The van der Waals surface area contributed by atoms with Crippen LogP contribution in [-0.4, -0.2) is 31.9 Å². The van der Waals surface area contributed by atoms with Gasteiger partial charge in [-0.25, -0.2) is 0 Å². The van der Waals surface area contributed by atoms with Crippen molar-refractivity contribution in [3.8, 4) is 23.0 Å². The normalized spacial score (nSPS) is 49.0. The fourth-order valence-corrected chi connectivity index (χ4v) is 35.4. The zero-order chi connectivity index (χ0) is 75.6. The maximum Gasteiger partial charge on any atom is 0.308 e. The van der Waals surface area contributed by atoms with Gasteiger partial charge in [0.25, 0.3) is 0 Å². The van der Waals surface area contributed by atoms with E-state index in [1.807, 2.05) is 37.3 Å². The van der Waals surface area contributed by atoms with Gasteiger partial charge in [-0.05, 0) is 426 Å². The summed E-state index contributed by atoms with van der Waals surface area (Å²) >= 11 is 0. The lowest BCUT2D eigenvalue weighted by Gasteiger charge is -2.38. The number of rotatable bonds is 13. The minimum absolute atomic E-state index is 0.226. The maximum atomic E-state index is 11.0. The molecule has 0 radical (unpaired) electrons. The number of esters is 1. The Bertz CT molecular complexity index is 4090. The molecule has 2 aromatic carbocycles. The number of aromatic hydroxyl groups is 1. The average molecular weight is 1520 g/mol. The average Bonchev–Trinajstić information content (AvgIpc) is 1.64. The predicted molar refractivity (Wildman–Crippen MR) is 453 cm³/mol. The van der Waals surface area contributed by atoms with E-state index in [0.717, 1.165) is 268 Å². The number of carbonyl (C=O) groups is 1. The first-order chi connectivity index (χ1) is 55.3. The van der Waals surface area contributed by atoms with E-state index >= 15 is 0 Å². The summed E-state index contributed by atoms with van der Waals surface area (Å²) in [7, 11) is 3.20. The van der Waals surface area contributed by atoms with Crippen LogP contribution in [0, 0.1) is 243 Å². The minimum atomic E-state index is -0.325. The van der Waals surface area contributed by atoms with Crippen LogP contribution in [0.15, 0.2) is 158 Å². The van der Waals surface area contributed by atoms with E-state index in [2.05, 4.69) is 116 Å². The third kappa shape index (κ3) is 13.1. The summed E-state index contributed by atoms with van der Waals surface area (Å²) in [6.45, 7) is 8.15. The first-order valence-electron chi connectivity index (χ1n) is 48.0. The van der Waals surface area contributed by atoms with E-state index in [0.29, 0.717) is 17.2 Å². The summed E-state index contributed by atoms with van der Waals surface area (Å²) in [6.07, 6.45) is 86.2. The zero-order valence-corrected chi connectivity index (χ0v) is 69.2. The van der Waals surface area contributed by atoms with Crippen LogP contribution in [0.5, 0.6) is 23.0 Å². The molecule has 17 fully saturated rings. The zero-order valence-electron chi connectivity index (χ0n) is 69.2. The van der Waals surface area contributed by atoms with Crippen molar-refractivity contribution >= 4 is 5.97 Å². The summed E-state index contributed by atoms with van der Waals surface area (Å²) < 4.78 is 21.3. The molecule has 24 bridgehead atoms. The molecular formula is C107H138O6. The fraction of sp³-hybridized carbons (Fsp3) is 0.692. The molecule has 17 saturated carbocycles. The predicted octanol–water partition coefficient (Wildman–Crippen LogP) is 24.4. The molecule has 0 aliphatic heterocycles. The topological polar surface area (TPSA) is 74.2 Å². The van der Waals surface area contributed by atoms with Gasteiger partial charge < -0.3 is 24.1 Å². The molecular weight excluding hydrogens is 1380 g/mol. The number of fused-ring (bicyclic) bond motifs is 52. The Morgan fingerprint density at radius 3 is 1.32 bits per heavy atom. The van der Waals surface area contributed by atoms with Crippen molar-refractivity contribution in [2.45, 2.75) is 194 Å². The van der Waals surface area contributed by atoms with E-state index < -0.39 is 0 Å². The molecule has 6 heteroatoms. The molecule has 602 valence electrons. The minimum Gasteiger partial charge on any atom is -0.504 e. The lowest BCUT2D eigenvalue weighted by Crippen LogP contribution is -2.34. The molecule has 6 nitrogen and oxygen atoms in total. The Morgan fingerprint density at radius 1 is 0.381 bits per heavy atom. The highest BCUT2D eigenvalue weighted by molar-refractivity contribution is 5.70. The van der Waals surface area contributed by atoms with Crippen molar-refractivity contribution in [3.05, 3.63) is 169 Å². The number of allylic oxidation sites excluding steroid dienone is 19. The molecule has 38 atom stereocenters. The summed E-state index contributed by atoms with van der Waals surface area (Å²) in [5.41, 5.74) is 2.52. The second-order valence-corrected chi connectivity index (χ2v) is 43.7. The molecule has 26 aliphatic rings. The lowest BCUT2D eigenvalue weighted by molar-refractivity contribution is -0.132. The summed E-state index contributed by atoms with van der Waals surface area (Å²) in [5, 5.41) is 9.56. The van der Waals surface area contributed by atoms with Crippen LogP contribution in [0.25, 0.3) is 0 Å². The Morgan fingerprint density at radius 2 is 0.832 bits per heavy atom. The molecule has 0 saturated heterocycles. The molecule has 0 amide bonds. The Labute approximate surface area is 680 Å². The largest absolute Gasteiger partial charge is 0.504 e. The third-order valence-electron chi connectivity index (χ3n) is 38.9. The van der Waals surface area contributed by atoms with Gasteiger partial charge in [0.2, 0.25) is 0 Å². The van der Waals surface area contributed by atoms with Crippen molar-refractivity contribution in [1.82, 2.24) is 0 Å². The first kappa shape index (κ1) is 73.9. The van der Waals surface area contributed by atoms with Gasteiger partial charge in [-0.15, -0.1) is 0 Å². The highest BCUT2D eigenvalue weighted by atomic mass is 16.6. The maximum absolute atomic E-state index is 11.0. The van der Waals surface area contributed by atoms with Crippen LogP contribution in [0.2, 0.25) is 0 Å². The monoisotopic (exact) mass is 1520 g/mol.